The Kier molecular flexibility index (Phi) is 5.45. The fourth-order valence-corrected chi connectivity index (χ4v) is 2.79. The Morgan fingerprint density at radius 3 is 2.92 bits per heavy atom. The Balaban J connectivity index is 1.67. The van der Waals surface area contributed by atoms with Crippen LogP contribution >= 0.6 is 23.4 Å². The highest BCUT2D eigenvalue weighted by atomic mass is 35.5. The third-order valence-electron chi connectivity index (χ3n) is 3.52. The molecule has 2 heterocycles. The summed E-state index contributed by atoms with van der Waals surface area (Å²) < 4.78 is 13.2. The van der Waals surface area contributed by atoms with E-state index in [1.54, 1.807) is 10.9 Å². The van der Waals surface area contributed by atoms with Crippen LogP contribution in [0.4, 0.5) is 0 Å². The summed E-state index contributed by atoms with van der Waals surface area (Å²) in [6.07, 6.45) is 3.56. The zero-order chi connectivity index (χ0) is 17.8. The molecule has 0 aliphatic carbocycles. The van der Waals surface area contributed by atoms with Crippen molar-refractivity contribution >= 4 is 29.6 Å². The topological polar surface area (TPSA) is 65.4 Å². The fourth-order valence-electron chi connectivity index (χ4n) is 2.15. The van der Waals surface area contributed by atoms with Crippen molar-refractivity contribution in [2.45, 2.75) is 25.6 Å². The van der Waals surface area contributed by atoms with Gasteiger partial charge in [0.2, 0.25) is 5.16 Å². The van der Waals surface area contributed by atoms with E-state index in [9.17, 15) is 0 Å². The molecule has 3 rings (SSSR count). The lowest BCUT2D eigenvalue weighted by Gasteiger charge is -2.08. The molecule has 6 nitrogen and oxygen atoms in total. The van der Waals surface area contributed by atoms with Gasteiger partial charge in [0.05, 0.1) is 6.21 Å². The van der Waals surface area contributed by atoms with Gasteiger partial charge in [-0.25, -0.2) is 0 Å². The molecular weight excluding hydrogens is 360 g/mol. The molecule has 8 heteroatoms. The standard InChI is InChI=1S/C17H17ClN4O2S/c1-11-15(18)5-4-6-16(11)23-10-14-8-7-13(24-14)9-19-22-12(2)20-21-17(22)25-3/h4-9H,10H2,1-3H3. The van der Waals surface area contributed by atoms with Gasteiger partial charge < -0.3 is 9.15 Å². The van der Waals surface area contributed by atoms with Crippen molar-refractivity contribution in [3.63, 3.8) is 0 Å². The van der Waals surface area contributed by atoms with Crippen LogP contribution in [0.15, 0.2) is 45.0 Å². The van der Waals surface area contributed by atoms with E-state index in [0.29, 0.717) is 29.0 Å². The molecule has 0 N–H and O–H groups in total. The number of furan rings is 1. The first-order valence-electron chi connectivity index (χ1n) is 7.55. The van der Waals surface area contributed by atoms with Crippen molar-refractivity contribution in [2.24, 2.45) is 5.10 Å². The van der Waals surface area contributed by atoms with E-state index in [-0.39, 0.29) is 0 Å². The molecule has 0 aliphatic heterocycles. The van der Waals surface area contributed by atoms with E-state index in [1.807, 2.05) is 50.4 Å². The SMILES string of the molecule is CSc1nnc(C)n1N=Cc1ccc(COc2cccc(Cl)c2C)o1. The van der Waals surface area contributed by atoms with Gasteiger partial charge in [0.15, 0.2) is 5.82 Å². The van der Waals surface area contributed by atoms with Crippen molar-refractivity contribution in [1.82, 2.24) is 14.9 Å². The summed E-state index contributed by atoms with van der Waals surface area (Å²) in [6.45, 7) is 4.08. The first kappa shape index (κ1) is 17.6. The minimum Gasteiger partial charge on any atom is -0.485 e. The molecule has 0 unspecified atom stereocenters. The quantitative estimate of drug-likeness (QED) is 0.473. The second kappa shape index (κ2) is 7.76. The third kappa shape index (κ3) is 4.05. The number of benzene rings is 1. The Bertz CT molecular complexity index is 904. The van der Waals surface area contributed by atoms with Crippen LogP contribution in [-0.2, 0) is 6.61 Å². The van der Waals surface area contributed by atoms with Gasteiger partial charge >= 0.3 is 0 Å². The zero-order valence-electron chi connectivity index (χ0n) is 14.1. The smallest absolute Gasteiger partial charge is 0.211 e. The summed E-state index contributed by atoms with van der Waals surface area (Å²) in [4.78, 5) is 0. The summed E-state index contributed by atoms with van der Waals surface area (Å²) in [5, 5.41) is 13.8. The van der Waals surface area contributed by atoms with Crippen LogP contribution in [0.1, 0.15) is 22.9 Å². The van der Waals surface area contributed by atoms with Gasteiger partial charge in [-0.1, -0.05) is 29.4 Å². The van der Waals surface area contributed by atoms with Crippen LogP contribution in [0.2, 0.25) is 5.02 Å². The van der Waals surface area contributed by atoms with Crippen LogP contribution in [0.3, 0.4) is 0 Å². The predicted molar refractivity (Wildman–Crippen MR) is 98.8 cm³/mol. The molecule has 0 fully saturated rings. The molecule has 1 aromatic carbocycles. The Morgan fingerprint density at radius 1 is 1.28 bits per heavy atom. The number of aromatic nitrogens is 3. The molecule has 25 heavy (non-hydrogen) atoms. The van der Waals surface area contributed by atoms with Crippen molar-refractivity contribution in [2.75, 3.05) is 6.26 Å². The van der Waals surface area contributed by atoms with E-state index < -0.39 is 0 Å². The van der Waals surface area contributed by atoms with Gasteiger partial charge in [0.1, 0.15) is 23.9 Å². The lowest BCUT2D eigenvalue weighted by Crippen LogP contribution is -1.96. The largest absolute Gasteiger partial charge is 0.485 e. The van der Waals surface area contributed by atoms with Gasteiger partial charge in [0, 0.05) is 10.6 Å². The molecule has 0 bridgehead atoms. The van der Waals surface area contributed by atoms with Crippen molar-refractivity contribution < 1.29 is 9.15 Å². The van der Waals surface area contributed by atoms with Gasteiger partial charge in [-0.15, -0.1) is 10.2 Å². The zero-order valence-corrected chi connectivity index (χ0v) is 15.6. The summed E-state index contributed by atoms with van der Waals surface area (Å²) in [6, 6.07) is 9.27. The summed E-state index contributed by atoms with van der Waals surface area (Å²) in [7, 11) is 0. The fraction of sp³-hybridized carbons (Fsp3) is 0.235. The van der Waals surface area contributed by atoms with E-state index >= 15 is 0 Å². The summed E-state index contributed by atoms with van der Waals surface area (Å²) in [5.41, 5.74) is 0.908. The van der Waals surface area contributed by atoms with E-state index in [2.05, 4.69) is 15.3 Å². The predicted octanol–water partition coefficient (Wildman–Crippen LogP) is 4.32. The number of rotatable bonds is 6. The molecule has 2 aromatic heterocycles. The molecule has 0 spiro atoms. The van der Waals surface area contributed by atoms with Crippen LogP contribution in [0.25, 0.3) is 0 Å². The molecule has 0 saturated carbocycles. The minimum atomic E-state index is 0.316. The maximum absolute atomic E-state index is 6.09. The number of hydrogen-bond acceptors (Lipinski definition) is 6. The van der Waals surface area contributed by atoms with E-state index in [1.165, 1.54) is 11.8 Å². The second-order valence-corrected chi connectivity index (χ2v) is 6.43. The number of halogens is 1. The van der Waals surface area contributed by atoms with Gasteiger partial charge in [-0.3, -0.25) is 0 Å². The Hall–Kier alpha value is -2.25. The van der Waals surface area contributed by atoms with E-state index in [4.69, 9.17) is 20.8 Å². The van der Waals surface area contributed by atoms with Gasteiger partial charge in [-0.2, -0.15) is 9.78 Å². The Morgan fingerprint density at radius 2 is 2.12 bits per heavy atom. The molecule has 0 aliphatic rings. The van der Waals surface area contributed by atoms with Gasteiger partial charge in [-0.05, 0) is 44.4 Å². The average molecular weight is 377 g/mol. The summed E-state index contributed by atoms with van der Waals surface area (Å²) in [5.74, 6) is 2.78. The van der Waals surface area contributed by atoms with Crippen LogP contribution in [0, 0.1) is 13.8 Å². The van der Waals surface area contributed by atoms with Crippen molar-refractivity contribution in [3.8, 4) is 5.75 Å². The van der Waals surface area contributed by atoms with Crippen LogP contribution in [0.5, 0.6) is 5.75 Å². The van der Waals surface area contributed by atoms with Gasteiger partial charge in [0.25, 0.3) is 0 Å². The van der Waals surface area contributed by atoms with Crippen LogP contribution in [-0.4, -0.2) is 27.3 Å². The van der Waals surface area contributed by atoms with Crippen molar-refractivity contribution in [3.05, 3.63) is 58.3 Å². The monoisotopic (exact) mass is 376 g/mol. The lowest BCUT2D eigenvalue weighted by atomic mass is 10.2. The number of thioether (sulfide) groups is 1. The Labute approximate surface area is 154 Å². The average Bonchev–Trinajstić information content (AvgIpc) is 3.20. The molecule has 0 radical (unpaired) electrons. The third-order valence-corrected chi connectivity index (χ3v) is 4.55. The van der Waals surface area contributed by atoms with E-state index in [0.717, 1.165) is 16.5 Å². The lowest BCUT2D eigenvalue weighted by molar-refractivity contribution is 0.268. The molecule has 3 aromatic rings. The highest BCUT2D eigenvalue weighted by Gasteiger charge is 2.08. The second-order valence-electron chi connectivity index (χ2n) is 5.25. The maximum Gasteiger partial charge on any atom is 0.211 e. The molecule has 130 valence electrons. The normalized spacial score (nSPS) is 11.4. The number of nitrogens with zero attached hydrogens (tertiary/aromatic N) is 4. The number of aryl methyl sites for hydroxylation is 1. The number of hydrogen-bond donors (Lipinski definition) is 0. The first-order chi connectivity index (χ1) is 12.1. The van der Waals surface area contributed by atoms with Crippen LogP contribution < -0.4 is 4.74 Å². The minimum absolute atomic E-state index is 0.316. The molecular formula is C17H17ClN4O2S. The maximum atomic E-state index is 6.09. The number of ether oxygens (including phenoxy) is 1. The summed E-state index contributed by atoms with van der Waals surface area (Å²) >= 11 is 7.57. The molecule has 0 atom stereocenters. The van der Waals surface area contributed by atoms with Crippen molar-refractivity contribution in [1.29, 1.82) is 0 Å². The molecule has 0 saturated heterocycles. The highest BCUT2D eigenvalue weighted by Crippen LogP contribution is 2.26. The molecule has 0 amide bonds. The first-order valence-corrected chi connectivity index (χ1v) is 9.15. The highest BCUT2D eigenvalue weighted by molar-refractivity contribution is 7.98.